The molecule has 3 aliphatic rings. The number of hydrogen-bond donors (Lipinski definition) is 12. The van der Waals surface area contributed by atoms with Crippen molar-refractivity contribution in [2.45, 2.75) is 86.3 Å². The van der Waals surface area contributed by atoms with Gasteiger partial charge in [-0.25, -0.2) is 9.86 Å². The molecule has 12 unspecified atom stereocenters. The van der Waals surface area contributed by atoms with Crippen molar-refractivity contribution in [3.63, 3.8) is 0 Å². The number of hydrogen-bond acceptors (Lipinski definition) is 15. The van der Waals surface area contributed by atoms with Crippen molar-refractivity contribution in [1.29, 1.82) is 0 Å². The average molecular weight is 608 g/mol. The number of likely N-dealkylation sites (N-methyl/N-ethyl adjacent to an activating group) is 1. The highest BCUT2D eigenvalue weighted by Crippen LogP contribution is 2.36. The van der Waals surface area contributed by atoms with Crippen molar-refractivity contribution in [1.82, 2.24) is 21.0 Å². The molecule has 2 heterocycles. The Labute approximate surface area is 244 Å². The predicted molar refractivity (Wildman–Crippen MR) is 148 cm³/mol. The van der Waals surface area contributed by atoms with Gasteiger partial charge in [0.15, 0.2) is 6.29 Å². The second kappa shape index (κ2) is 15.3. The number of urea groups is 1. The third kappa shape index (κ3) is 8.26. The number of nitrogens with two attached hydrogens (primary N) is 3. The number of carbonyl (C=O) groups excluding carboxylic acids is 1. The zero-order chi connectivity index (χ0) is 31.2. The summed E-state index contributed by atoms with van der Waals surface area (Å²) in [5, 5.41) is 70.8. The van der Waals surface area contributed by atoms with Crippen LogP contribution in [0.5, 0.6) is 0 Å². The molecule has 0 bridgehead atoms. The number of rotatable bonds is 12. The summed E-state index contributed by atoms with van der Waals surface area (Å²) in [6, 6.07) is -3.94. The van der Waals surface area contributed by atoms with E-state index < -0.39 is 85.1 Å². The summed E-state index contributed by atoms with van der Waals surface area (Å²) < 4.78 is 17.9. The number of nitrogens with one attached hydrogen (secondary N) is 3. The molecule has 1 saturated heterocycles. The van der Waals surface area contributed by atoms with E-state index in [9.17, 15) is 30.4 Å². The molecule has 0 aromatic heterocycles. The van der Waals surface area contributed by atoms with Gasteiger partial charge in [0.1, 0.15) is 29.7 Å². The molecule has 42 heavy (non-hydrogen) atoms. The summed E-state index contributed by atoms with van der Waals surface area (Å²) in [5.74, 6) is -0.273. The summed E-state index contributed by atoms with van der Waals surface area (Å²) in [7, 11) is 1.57. The first-order valence-corrected chi connectivity index (χ1v) is 14.2. The van der Waals surface area contributed by atoms with Crippen LogP contribution in [0.15, 0.2) is 11.8 Å². The molecular weight excluding hydrogens is 558 g/mol. The SMILES string of the molecule is CNC1C(O)C(OC2C(NC(=O)N(O)CCN)CC(N)C(C3OC(CNCC(O)CO)=CCC3N)C2O)OCC1(C)O. The first-order valence-electron chi connectivity index (χ1n) is 14.2. The van der Waals surface area contributed by atoms with Crippen LogP contribution in [0.25, 0.3) is 0 Å². The molecule has 0 aromatic carbocycles. The minimum Gasteiger partial charge on any atom is -0.492 e. The lowest BCUT2D eigenvalue weighted by molar-refractivity contribution is -0.297. The maximum atomic E-state index is 12.7. The summed E-state index contributed by atoms with van der Waals surface area (Å²) in [5.41, 5.74) is 17.0. The molecule has 15 N–H and O–H groups in total. The maximum Gasteiger partial charge on any atom is 0.341 e. The number of nitrogens with zero attached hydrogens (tertiary/aromatic N) is 1. The number of hydroxylamine groups is 2. The van der Waals surface area contributed by atoms with Gasteiger partial charge in [0, 0.05) is 31.1 Å². The zero-order valence-corrected chi connectivity index (χ0v) is 24.1. The molecule has 244 valence electrons. The molecule has 2 aliphatic heterocycles. The fourth-order valence-corrected chi connectivity index (χ4v) is 5.84. The summed E-state index contributed by atoms with van der Waals surface area (Å²) in [4.78, 5) is 12.7. The second-order valence-corrected chi connectivity index (χ2v) is 11.4. The van der Waals surface area contributed by atoms with Gasteiger partial charge in [0.2, 0.25) is 0 Å². The van der Waals surface area contributed by atoms with E-state index >= 15 is 0 Å². The van der Waals surface area contributed by atoms with Gasteiger partial charge in [-0.2, -0.15) is 0 Å². The van der Waals surface area contributed by atoms with E-state index in [0.29, 0.717) is 17.2 Å². The Kier molecular flexibility index (Phi) is 12.7. The highest BCUT2D eigenvalue weighted by Gasteiger charge is 2.53. The van der Waals surface area contributed by atoms with E-state index in [1.807, 2.05) is 0 Å². The molecule has 1 saturated carbocycles. The van der Waals surface area contributed by atoms with Gasteiger partial charge in [-0.3, -0.25) is 5.21 Å². The van der Waals surface area contributed by atoms with Gasteiger partial charge >= 0.3 is 6.03 Å². The number of aliphatic hydroxyl groups excluding tert-OH is 4. The predicted octanol–water partition coefficient (Wildman–Crippen LogP) is -5.19. The average Bonchev–Trinajstić information content (AvgIpc) is 2.93. The van der Waals surface area contributed by atoms with Gasteiger partial charge in [0.25, 0.3) is 0 Å². The molecule has 17 nitrogen and oxygen atoms in total. The normalized spacial score (nSPS) is 39.6. The van der Waals surface area contributed by atoms with Crippen LogP contribution >= 0.6 is 0 Å². The van der Waals surface area contributed by atoms with E-state index in [1.54, 1.807) is 13.1 Å². The Hall–Kier alpha value is -1.71. The largest absolute Gasteiger partial charge is 0.492 e. The zero-order valence-electron chi connectivity index (χ0n) is 24.1. The smallest absolute Gasteiger partial charge is 0.341 e. The van der Waals surface area contributed by atoms with Crippen molar-refractivity contribution in [2.75, 3.05) is 46.4 Å². The minimum atomic E-state index is -1.41. The minimum absolute atomic E-state index is 0.00669. The van der Waals surface area contributed by atoms with Crippen LogP contribution in [-0.2, 0) is 14.2 Å². The maximum absolute atomic E-state index is 12.7. The van der Waals surface area contributed by atoms with Crippen LogP contribution in [0.1, 0.15) is 19.8 Å². The van der Waals surface area contributed by atoms with Crippen LogP contribution < -0.4 is 33.2 Å². The molecule has 0 spiro atoms. The first-order chi connectivity index (χ1) is 19.8. The van der Waals surface area contributed by atoms with E-state index in [2.05, 4.69) is 16.0 Å². The fraction of sp³-hybridized carbons (Fsp3) is 0.880. The quantitative estimate of drug-likeness (QED) is 0.0729. The molecule has 1 aliphatic carbocycles. The number of carbonyl (C=O) groups is 1. The van der Waals surface area contributed by atoms with Crippen LogP contribution in [-0.4, -0.2) is 155 Å². The molecular formula is C25H49N7O10. The molecule has 0 aromatic rings. The molecule has 12 atom stereocenters. The Morgan fingerprint density at radius 1 is 1.29 bits per heavy atom. The molecule has 3 rings (SSSR count). The molecule has 2 amide bonds. The molecule has 17 heteroatoms. The number of aliphatic hydroxyl groups is 5. The lowest BCUT2D eigenvalue weighted by Crippen LogP contribution is -2.69. The summed E-state index contributed by atoms with van der Waals surface area (Å²) >= 11 is 0. The van der Waals surface area contributed by atoms with E-state index in [0.717, 1.165) is 0 Å². The van der Waals surface area contributed by atoms with Gasteiger partial charge in [-0.05, 0) is 32.9 Å². The highest BCUT2D eigenvalue weighted by atomic mass is 16.7. The van der Waals surface area contributed by atoms with Gasteiger partial charge < -0.3 is 72.9 Å². The molecule has 2 fully saturated rings. The van der Waals surface area contributed by atoms with E-state index in [1.165, 1.54) is 6.92 Å². The van der Waals surface area contributed by atoms with Gasteiger partial charge in [-0.15, -0.1) is 0 Å². The Balaban J connectivity index is 1.82. The van der Waals surface area contributed by atoms with Crippen molar-refractivity contribution < 1.29 is 49.7 Å². The van der Waals surface area contributed by atoms with E-state index in [4.69, 9.17) is 36.5 Å². The van der Waals surface area contributed by atoms with Crippen molar-refractivity contribution in [3.8, 4) is 0 Å². The monoisotopic (exact) mass is 607 g/mol. The summed E-state index contributed by atoms with van der Waals surface area (Å²) in [6.07, 6.45) is -4.66. The Morgan fingerprint density at radius 3 is 2.64 bits per heavy atom. The van der Waals surface area contributed by atoms with Crippen molar-refractivity contribution in [3.05, 3.63) is 11.8 Å². The Morgan fingerprint density at radius 2 is 2.00 bits per heavy atom. The van der Waals surface area contributed by atoms with Crippen molar-refractivity contribution >= 4 is 6.03 Å². The molecule has 0 radical (unpaired) electrons. The standard InChI is InChI=1S/C25H49N7O10/c1-25(38)11-40-23(19(36)22(25)29-2)42-21-16(31-24(37)32(39)6-5-26)7-15(28)17(18(21)35)20-14(27)4-3-13(41-20)9-30-8-12(34)10-33/h3,12,14-23,29-30,33-36,38-39H,4-11,26-28H2,1-2H3,(H,31,37). The topological polar surface area (TPSA) is 284 Å². The second-order valence-electron chi connectivity index (χ2n) is 11.4. The third-order valence-corrected chi connectivity index (χ3v) is 8.06. The number of amides is 2. The third-order valence-electron chi connectivity index (χ3n) is 8.06. The number of ether oxygens (including phenoxy) is 3. The van der Waals surface area contributed by atoms with Crippen LogP contribution in [0.3, 0.4) is 0 Å². The van der Waals surface area contributed by atoms with Gasteiger partial charge in [0.05, 0.1) is 50.6 Å². The fourth-order valence-electron chi connectivity index (χ4n) is 5.84. The highest BCUT2D eigenvalue weighted by molar-refractivity contribution is 5.73. The first kappa shape index (κ1) is 34.8. The summed E-state index contributed by atoms with van der Waals surface area (Å²) in [6.45, 7) is 1.15. The Bertz CT molecular complexity index is 902. The van der Waals surface area contributed by atoms with Crippen LogP contribution in [0.4, 0.5) is 4.79 Å². The lowest BCUT2D eigenvalue weighted by Gasteiger charge is -2.50. The van der Waals surface area contributed by atoms with E-state index in [-0.39, 0.29) is 39.2 Å². The van der Waals surface area contributed by atoms with Crippen molar-refractivity contribution in [2.24, 2.45) is 23.1 Å². The van der Waals surface area contributed by atoms with Gasteiger partial charge in [-0.1, -0.05) is 0 Å². The van der Waals surface area contributed by atoms with Crippen LogP contribution in [0.2, 0.25) is 0 Å². The van der Waals surface area contributed by atoms with Crippen LogP contribution in [0, 0.1) is 5.92 Å². The lowest BCUT2D eigenvalue weighted by atomic mass is 9.72.